The summed E-state index contributed by atoms with van der Waals surface area (Å²) in [5.41, 5.74) is 2.88. The molecule has 3 rings (SSSR count). The number of likely N-dealkylation sites (tertiary alicyclic amines) is 1. The molecule has 5 nitrogen and oxygen atoms in total. The molecule has 1 aromatic rings. The zero-order valence-electron chi connectivity index (χ0n) is 18.4. The lowest BCUT2D eigenvalue weighted by Gasteiger charge is -2.37. The average Bonchev–Trinajstić information content (AvgIpc) is 3.19. The van der Waals surface area contributed by atoms with E-state index in [2.05, 4.69) is 60.6 Å². The minimum atomic E-state index is 0. The van der Waals surface area contributed by atoms with Gasteiger partial charge in [-0.1, -0.05) is 31.2 Å². The molecule has 0 radical (unpaired) electrons. The van der Waals surface area contributed by atoms with Crippen molar-refractivity contribution < 1.29 is 4.74 Å². The van der Waals surface area contributed by atoms with Crippen LogP contribution >= 0.6 is 24.0 Å². The predicted molar refractivity (Wildman–Crippen MR) is 133 cm³/mol. The van der Waals surface area contributed by atoms with E-state index in [0.29, 0.717) is 6.04 Å². The lowest BCUT2D eigenvalue weighted by atomic mass is 9.72. The second-order valence-corrected chi connectivity index (χ2v) is 8.21. The summed E-state index contributed by atoms with van der Waals surface area (Å²) in [6.45, 7) is 13.3. The van der Waals surface area contributed by atoms with Crippen molar-refractivity contribution in [2.45, 2.75) is 57.9 Å². The molecule has 2 heterocycles. The van der Waals surface area contributed by atoms with E-state index in [1.807, 2.05) is 0 Å². The van der Waals surface area contributed by atoms with Gasteiger partial charge in [-0.05, 0) is 63.7 Å². The molecule has 0 saturated carbocycles. The van der Waals surface area contributed by atoms with Gasteiger partial charge in [0.25, 0.3) is 0 Å². The normalized spacial score (nSPS) is 22.2. The summed E-state index contributed by atoms with van der Waals surface area (Å²) in [6.07, 6.45) is 4.66. The molecule has 0 amide bonds. The van der Waals surface area contributed by atoms with Crippen molar-refractivity contribution in [3.8, 4) is 0 Å². The molecular weight excluding hydrogens is 475 g/mol. The number of benzene rings is 1. The fourth-order valence-corrected chi connectivity index (χ4v) is 4.77. The molecule has 0 bridgehead atoms. The highest BCUT2D eigenvalue weighted by Crippen LogP contribution is 2.37. The molecule has 2 aliphatic rings. The number of aryl methyl sites for hydroxylation is 1. The molecule has 164 valence electrons. The molecule has 0 spiro atoms. The third kappa shape index (κ3) is 6.31. The van der Waals surface area contributed by atoms with Crippen molar-refractivity contribution in [2.75, 3.05) is 45.9 Å². The van der Waals surface area contributed by atoms with E-state index >= 15 is 0 Å². The smallest absolute Gasteiger partial charge is 0.191 e. The monoisotopic (exact) mass is 514 g/mol. The summed E-state index contributed by atoms with van der Waals surface area (Å²) in [7, 11) is 0. The van der Waals surface area contributed by atoms with Crippen LogP contribution in [-0.2, 0) is 10.2 Å². The van der Waals surface area contributed by atoms with Crippen LogP contribution in [0.5, 0.6) is 0 Å². The Morgan fingerprint density at radius 2 is 1.97 bits per heavy atom. The topological polar surface area (TPSA) is 48.9 Å². The van der Waals surface area contributed by atoms with E-state index in [0.717, 1.165) is 58.2 Å². The van der Waals surface area contributed by atoms with Crippen molar-refractivity contribution in [1.82, 2.24) is 15.5 Å². The van der Waals surface area contributed by atoms with Gasteiger partial charge >= 0.3 is 0 Å². The highest BCUT2D eigenvalue weighted by molar-refractivity contribution is 14.0. The summed E-state index contributed by atoms with van der Waals surface area (Å²) in [5.74, 6) is 0.949. The van der Waals surface area contributed by atoms with Crippen LogP contribution in [0.15, 0.2) is 29.3 Å². The molecular formula is C23H39IN4O. The Kier molecular flexibility index (Phi) is 10.2. The van der Waals surface area contributed by atoms with Crippen LogP contribution in [0.2, 0.25) is 0 Å². The van der Waals surface area contributed by atoms with E-state index in [4.69, 9.17) is 9.73 Å². The van der Waals surface area contributed by atoms with Gasteiger partial charge in [-0.25, -0.2) is 0 Å². The van der Waals surface area contributed by atoms with E-state index in [9.17, 15) is 0 Å². The minimum Gasteiger partial charge on any atom is -0.381 e. The molecule has 2 fully saturated rings. The first-order chi connectivity index (χ1) is 13.7. The van der Waals surface area contributed by atoms with Crippen molar-refractivity contribution in [1.29, 1.82) is 0 Å². The third-order valence-electron chi connectivity index (χ3n) is 6.46. The summed E-state index contributed by atoms with van der Waals surface area (Å²) < 4.78 is 5.69. The van der Waals surface area contributed by atoms with Crippen molar-refractivity contribution in [3.63, 3.8) is 0 Å². The van der Waals surface area contributed by atoms with E-state index in [1.54, 1.807) is 0 Å². The Morgan fingerprint density at radius 3 is 2.66 bits per heavy atom. The Hall–Kier alpha value is -0.860. The van der Waals surface area contributed by atoms with Gasteiger partial charge in [-0.2, -0.15) is 0 Å². The fourth-order valence-electron chi connectivity index (χ4n) is 4.77. The molecule has 2 aliphatic heterocycles. The second kappa shape index (κ2) is 12.1. The first-order valence-corrected chi connectivity index (χ1v) is 11.1. The van der Waals surface area contributed by atoms with Crippen molar-refractivity contribution >= 4 is 29.9 Å². The van der Waals surface area contributed by atoms with E-state index < -0.39 is 0 Å². The molecule has 6 heteroatoms. The number of hydrogen-bond donors (Lipinski definition) is 2. The maximum atomic E-state index is 5.69. The SMILES string of the molecule is CCNC(=NCC1(c2ccccc2C)CCOCC1)NCC1CCCN1CC.I. The van der Waals surface area contributed by atoms with Crippen molar-refractivity contribution in [3.05, 3.63) is 35.4 Å². The number of nitrogens with one attached hydrogen (secondary N) is 2. The second-order valence-electron chi connectivity index (χ2n) is 8.21. The van der Waals surface area contributed by atoms with Crippen LogP contribution < -0.4 is 10.6 Å². The van der Waals surface area contributed by atoms with Gasteiger partial charge in [0.05, 0.1) is 6.54 Å². The summed E-state index contributed by atoms with van der Waals surface area (Å²) in [4.78, 5) is 7.63. The number of guanidine groups is 1. The van der Waals surface area contributed by atoms with Crippen LogP contribution in [0.1, 0.15) is 50.7 Å². The molecule has 1 atom stereocenters. The quantitative estimate of drug-likeness (QED) is 0.331. The highest BCUT2D eigenvalue weighted by atomic mass is 127. The van der Waals surface area contributed by atoms with Gasteiger partial charge in [0, 0.05) is 37.8 Å². The molecule has 0 aliphatic carbocycles. The zero-order chi connectivity index (χ0) is 19.8. The molecule has 2 saturated heterocycles. The minimum absolute atomic E-state index is 0. The third-order valence-corrected chi connectivity index (χ3v) is 6.46. The Morgan fingerprint density at radius 1 is 1.21 bits per heavy atom. The maximum Gasteiger partial charge on any atom is 0.191 e. The van der Waals surface area contributed by atoms with Crippen LogP contribution in [0.25, 0.3) is 0 Å². The van der Waals surface area contributed by atoms with Gasteiger partial charge in [-0.15, -0.1) is 24.0 Å². The van der Waals surface area contributed by atoms with Gasteiger partial charge in [0.2, 0.25) is 0 Å². The number of hydrogen-bond acceptors (Lipinski definition) is 3. The lowest BCUT2D eigenvalue weighted by Crippen LogP contribution is -2.46. The van der Waals surface area contributed by atoms with Gasteiger partial charge < -0.3 is 15.4 Å². The van der Waals surface area contributed by atoms with Crippen LogP contribution in [0, 0.1) is 6.92 Å². The van der Waals surface area contributed by atoms with Crippen LogP contribution in [-0.4, -0.2) is 62.8 Å². The maximum absolute atomic E-state index is 5.69. The number of rotatable bonds is 7. The largest absolute Gasteiger partial charge is 0.381 e. The van der Waals surface area contributed by atoms with Gasteiger partial charge in [0.1, 0.15) is 0 Å². The van der Waals surface area contributed by atoms with E-state index in [-0.39, 0.29) is 29.4 Å². The van der Waals surface area contributed by atoms with Crippen LogP contribution in [0.4, 0.5) is 0 Å². The molecule has 1 aromatic carbocycles. The number of halogens is 1. The first kappa shape index (κ1) is 24.4. The Balaban J connectivity index is 0.00000300. The fraction of sp³-hybridized carbons (Fsp3) is 0.696. The van der Waals surface area contributed by atoms with E-state index in [1.165, 1.54) is 30.5 Å². The first-order valence-electron chi connectivity index (χ1n) is 11.1. The summed E-state index contributed by atoms with van der Waals surface area (Å²) in [6, 6.07) is 9.42. The van der Waals surface area contributed by atoms with Crippen molar-refractivity contribution in [2.24, 2.45) is 4.99 Å². The number of likely N-dealkylation sites (N-methyl/N-ethyl adjacent to an activating group) is 1. The summed E-state index contributed by atoms with van der Waals surface area (Å²) >= 11 is 0. The molecule has 29 heavy (non-hydrogen) atoms. The van der Waals surface area contributed by atoms with Crippen LogP contribution in [0.3, 0.4) is 0 Å². The number of ether oxygens (including phenoxy) is 1. The Labute approximate surface area is 194 Å². The molecule has 1 unspecified atom stereocenters. The van der Waals surface area contributed by atoms with Gasteiger partial charge in [-0.3, -0.25) is 9.89 Å². The standard InChI is InChI=1S/C23H38N4O.HI/c1-4-24-22(25-17-20-10-8-14-27(20)5-2)26-18-23(12-15-28-16-13-23)21-11-7-6-9-19(21)3;/h6-7,9,11,20H,4-5,8,10,12-18H2,1-3H3,(H2,24,25,26);1H. The predicted octanol–water partition coefficient (Wildman–Crippen LogP) is 3.70. The number of nitrogens with zero attached hydrogens (tertiary/aromatic N) is 2. The summed E-state index contributed by atoms with van der Waals surface area (Å²) in [5, 5.41) is 7.07. The average molecular weight is 514 g/mol. The molecule has 2 N–H and O–H groups in total. The zero-order valence-corrected chi connectivity index (χ0v) is 20.7. The van der Waals surface area contributed by atoms with Gasteiger partial charge in [0.15, 0.2) is 5.96 Å². The Bertz CT molecular complexity index is 646. The lowest BCUT2D eigenvalue weighted by molar-refractivity contribution is 0.0529. The highest BCUT2D eigenvalue weighted by Gasteiger charge is 2.35. The molecule has 0 aromatic heterocycles. The number of aliphatic imine (C=N–C) groups is 1.